The SMILES string of the molecule is CC[C@H](C)[C@H](NC(=O)[C@@H](C[C@H](O)[C@@H](N)COCc1ccc(-c2ccc(F)cc2)c(OCCCOC)c1)C(C)C)C(=O)NCc1ccc(F)cc1. The van der Waals surface area contributed by atoms with Crippen molar-refractivity contribution >= 4 is 11.8 Å². The highest BCUT2D eigenvalue weighted by Gasteiger charge is 2.32. The van der Waals surface area contributed by atoms with Gasteiger partial charge in [0.05, 0.1) is 32.0 Å². The van der Waals surface area contributed by atoms with Crippen molar-refractivity contribution in [3.8, 4) is 16.9 Å². The molecule has 0 fully saturated rings. The summed E-state index contributed by atoms with van der Waals surface area (Å²) in [6, 6.07) is 16.2. The zero-order valence-corrected chi connectivity index (χ0v) is 29.8. The molecule has 0 bridgehead atoms. The Labute approximate surface area is 294 Å². The summed E-state index contributed by atoms with van der Waals surface area (Å²) in [5.41, 5.74) is 9.53. The van der Waals surface area contributed by atoms with Crippen LogP contribution in [-0.4, -0.2) is 62.0 Å². The van der Waals surface area contributed by atoms with Gasteiger partial charge in [-0.25, -0.2) is 8.78 Å². The molecule has 0 saturated carbocycles. The minimum atomic E-state index is -1.04. The van der Waals surface area contributed by atoms with E-state index in [2.05, 4.69) is 10.6 Å². The summed E-state index contributed by atoms with van der Waals surface area (Å²) < 4.78 is 43.9. The molecule has 3 rings (SSSR count). The van der Waals surface area contributed by atoms with Gasteiger partial charge in [0.1, 0.15) is 23.4 Å². The molecule has 0 aliphatic heterocycles. The lowest BCUT2D eigenvalue weighted by Crippen LogP contribution is -2.52. The molecule has 0 heterocycles. The van der Waals surface area contributed by atoms with Crippen molar-refractivity contribution in [3.05, 3.63) is 89.5 Å². The Kier molecular flexibility index (Phi) is 16.8. The quantitative estimate of drug-likeness (QED) is 0.104. The van der Waals surface area contributed by atoms with Crippen LogP contribution in [0.1, 0.15) is 58.1 Å². The number of nitrogens with two attached hydrogens (primary N) is 1. The maximum Gasteiger partial charge on any atom is 0.243 e. The van der Waals surface area contributed by atoms with Gasteiger partial charge in [-0.2, -0.15) is 0 Å². The van der Waals surface area contributed by atoms with Crippen molar-refractivity contribution in [2.24, 2.45) is 23.5 Å². The highest BCUT2D eigenvalue weighted by molar-refractivity contribution is 5.88. The van der Waals surface area contributed by atoms with E-state index in [9.17, 15) is 23.5 Å². The third-order valence-electron chi connectivity index (χ3n) is 8.84. The number of aliphatic hydroxyl groups is 1. The number of benzene rings is 3. The summed E-state index contributed by atoms with van der Waals surface area (Å²) in [7, 11) is 1.63. The number of carbonyl (C=O) groups excluding carboxylic acids is 2. The predicted molar refractivity (Wildman–Crippen MR) is 190 cm³/mol. The lowest BCUT2D eigenvalue weighted by molar-refractivity contribution is -0.134. The average Bonchev–Trinajstić information content (AvgIpc) is 3.10. The van der Waals surface area contributed by atoms with Crippen LogP contribution in [0, 0.1) is 29.4 Å². The second-order valence-electron chi connectivity index (χ2n) is 13.1. The smallest absolute Gasteiger partial charge is 0.243 e. The van der Waals surface area contributed by atoms with Crippen molar-refractivity contribution < 1.29 is 37.7 Å². The molecule has 3 aromatic carbocycles. The Morgan fingerprint density at radius 3 is 2.16 bits per heavy atom. The van der Waals surface area contributed by atoms with E-state index < -0.39 is 24.1 Å². The largest absolute Gasteiger partial charge is 0.493 e. The maximum atomic E-state index is 13.5. The normalized spacial score (nSPS) is 14.4. The van der Waals surface area contributed by atoms with E-state index in [-0.39, 0.29) is 61.5 Å². The van der Waals surface area contributed by atoms with E-state index >= 15 is 0 Å². The van der Waals surface area contributed by atoms with Gasteiger partial charge in [0.2, 0.25) is 11.8 Å². The molecule has 0 aliphatic rings. The lowest BCUT2D eigenvalue weighted by Gasteiger charge is -2.29. The van der Waals surface area contributed by atoms with Gasteiger partial charge in [-0.15, -0.1) is 0 Å². The lowest BCUT2D eigenvalue weighted by atomic mass is 9.86. The van der Waals surface area contributed by atoms with Crippen molar-refractivity contribution in [2.75, 3.05) is 26.9 Å². The predicted octanol–water partition coefficient (Wildman–Crippen LogP) is 5.76. The Hall–Kier alpha value is -3.90. The third-order valence-corrected chi connectivity index (χ3v) is 8.84. The highest BCUT2D eigenvalue weighted by atomic mass is 19.1. The van der Waals surface area contributed by atoms with Crippen LogP contribution >= 0.6 is 0 Å². The number of aliphatic hydroxyl groups excluding tert-OH is 1. The van der Waals surface area contributed by atoms with Crippen LogP contribution < -0.4 is 21.1 Å². The van der Waals surface area contributed by atoms with Gasteiger partial charge in [-0.05, 0) is 65.3 Å². The van der Waals surface area contributed by atoms with E-state index in [0.717, 1.165) is 22.3 Å². The number of carbonyl (C=O) groups is 2. The van der Waals surface area contributed by atoms with Gasteiger partial charge in [0.25, 0.3) is 0 Å². The van der Waals surface area contributed by atoms with Crippen LogP contribution in [0.3, 0.4) is 0 Å². The van der Waals surface area contributed by atoms with Gasteiger partial charge >= 0.3 is 0 Å². The molecular weight excluding hydrogens is 644 g/mol. The number of nitrogens with one attached hydrogen (secondary N) is 2. The van der Waals surface area contributed by atoms with E-state index in [1.165, 1.54) is 24.3 Å². The number of amides is 2. The first kappa shape index (κ1) is 40.5. The number of rotatable bonds is 21. The number of methoxy groups -OCH3 is 1. The molecule has 5 N–H and O–H groups in total. The summed E-state index contributed by atoms with van der Waals surface area (Å²) >= 11 is 0. The monoisotopic (exact) mass is 697 g/mol. The van der Waals surface area contributed by atoms with Gasteiger partial charge in [0, 0.05) is 38.2 Å². The van der Waals surface area contributed by atoms with Gasteiger partial charge < -0.3 is 35.7 Å². The molecule has 0 spiro atoms. The summed E-state index contributed by atoms with van der Waals surface area (Å²) in [5.74, 6) is -1.62. The van der Waals surface area contributed by atoms with Crippen LogP contribution in [0.2, 0.25) is 0 Å². The Morgan fingerprint density at radius 1 is 0.900 bits per heavy atom. The standard InChI is InChI=1S/C39H53F2N3O6/c1-6-26(4)37(39(47)43-22-27-8-13-30(40)14-9-27)44-38(46)33(25(2)3)21-35(45)34(42)24-49-23-28-10-17-32(29-11-15-31(41)16-12-29)36(20-28)50-19-7-18-48-5/h8-17,20,25-26,33-35,37,45H,6-7,18-19,21-24,42H2,1-5H3,(H,43,47)(H,44,46)/t26-,33-,34-,35-,37-/m0/s1. The number of hydrogen-bond donors (Lipinski definition) is 4. The van der Waals surface area contributed by atoms with E-state index in [4.69, 9.17) is 19.9 Å². The molecule has 0 radical (unpaired) electrons. The van der Waals surface area contributed by atoms with E-state index in [1.807, 2.05) is 45.9 Å². The highest BCUT2D eigenvalue weighted by Crippen LogP contribution is 2.32. The topological polar surface area (TPSA) is 132 Å². The Morgan fingerprint density at radius 2 is 1.54 bits per heavy atom. The van der Waals surface area contributed by atoms with Crippen LogP contribution in [0.5, 0.6) is 5.75 Å². The second-order valence-corrected chi connectivity index (χ2v) is 13.1. The van der Waals surface area contributed by atoms with E-state index in [0.29, 0.717) is 31.8 Å². The van der Waals surface area contributed by atoms with Crippen LogP contribution in [-0.2, 0) is 32.2 Å². The average molecular weight is 698 g/mol. The molecule has 0 saturated heterocycles. The third kappa shape index (κ3) is 12.8. The molecule has 274 valence electrons. The summed E-state index contributed by atoms with van der Waals surface area (Å²) in [6.45, 7) is 9.04. The minimum absolute atomic E-state index is 0.0403. The fourth-order valence-electron chi connectivity index (χ4n) is 5.43. The van der Waals surface area contributed by atoms with Crippen molar-refractivity contribution in [3.63, 3.8) is 0 Å². The molecule has 50 heavy (non-hydrogen) atoms. The van der Waals surface area contributed by atoms with Crippen LogP contribution in [0.4, 0.5) is 8.78 Å². The van der Waals surface area contributed by atoms with E-state index in [1.54, 1.807) is 31.4 Å². The molecule has 9 nitrogen and oxygen atoms in total. The zero-order valence-electron chi connectivity index (χ0n) is 29.8. The van der Waals surface area contributed by atoms with Gasteiger partial charge in [-0.3, -0.25) is 9.59 Å². The van der Waals surface area contributed by atoms with Crippen LogP contribution in [0.25, 0.3) is 11.1 Å². The summed E-state index contributed by atoms with van der Waals surface area (Å²) in [4.78, 5) is 26.7. The molecule has 5 atom stereocenters. The second kappa shape index (κ2) is 20.7. The number of halogens is 2. The zero-order chi connectivity index (χ0) is 36.6. The molecule has 11 heteroatoms. The van der Waals surface area contributed by atoms with Gasteiger partial charge in [-0.1, -0.05) is 70.5 Å². The summed E-state index contributed by atoms with van der Waals surface area (Å²) in [5, 5.41) is 16.8. The number of ether oxygens (including phenoxy) is 3. The summed E-state index contributed by atoms with van der Waals surface area (Å²) in [6.07, 6.45) is 0.404. The van der Waals surface area contributed by atoms with Crippen molar-refractivity contribution in [1.29, 1.82) is 0 Å². The molecule has 0 aromatic heterocycles. The van der Waals surface area contributed by atoms with Crippen LogP contribution in [0.15, 0.2) is 66.7 Å². The first-order valence-electron chi connectivity index (χ1n) is 17.3. The fraction of sp³-hybridized carbons (Fsp3) is 0.487. The molecule has 2 amide bonds. The molecule has 3 aromatic rings. The Bertz CT molecular complexity index is 1470. The number of hydrogen-bond acceptors (Lipinski definition) is 7. The molecule has 0 aliphatic carbocycles. The fourth-order valence-corrected chi connectivity index (χ4v) is 5.43. The van der Waals surface area contributed by atoms with Crippen molar-refractivity contribution in [1.82, 2.24) is 10.6 Å². The first-order chi connectivity index (χ1) is 23.9. The maximum absolute atomic E-state index is 13.5. The van der Waals surface area contributed by atoms with Crippen molar-refractivity contribution in [2.45, 2.75) is 78.3 Å². The van der Waals surface area contributed by atoms with Gasteiger partial charge in [0.15, 0.2) is 0 Å². The molecule has 0 unspecified atom stereocenters. The minimum Gasteiger partial charge on any atom is -0.493 e. The Balaban J connectivity index is 1.58. The molecular formula is C39H53F2N3O6. The first-order valence-corrected chi connectivity index (χ1v) is 17.3.